The summed E-state index contributed by atoms with van der Waals surface area (Å²) in [4.78, 5) is 42.2. The number of imide groups is 1. The van der Waals surface area contributed by atoms with E-state index < -0.39 is 17.9 Å². The number of piperidine rings is 1. The second-order valence-electron chi connectivity index (χ2n) is 4.88. The molecule has 0 bridgehead atoms. The predicted octanol–water partition coefficient (Wildman–Crippen LogP) is 0.548. The Morgan fingerprint density at radius 2 is 2.29 bits per heavy atom. The van der Waals surface area contributed by atoms with Gasteiger partial charge in [0.1, 0.15) is 12.6 Å². The molecule has 1 unspecified atom stereocenters. The molecule has 0 aromatic carbocycles. The van der Waals surface area contributed by atoms with Gasteiger partial charge in [-0.15, -0.1) is 16.4 Å². The van der Waals surface area contributed by atoms with E-state index in [9.17, 15) is 14.4 Å². The Morgan fingerprint density at radius 3 is 3.00 bits per heavy atom. The highest BCUT2D eigenvalue weighted by Crippen LogP contribution is 2.34. The number of likely N-dealkylation sites (tertiary alicyclic amines) is 1. The number of hydrogen-bond donors (Lipinski definition) is 0. The van der Waals surface area contributed by atoms with Gasteiger partial charge in [-0.05, 0) is 11.8 Å². The third-order valence-electron chi connectivity index (χ3n) is 3.59. The van der Waals surface area contributed by atoms with Crippen molar-refractivity contribution in [3.8, 4) is 5.75 Å². The highest BCUT2D eigenvalue weighted by molar-refractivity contribution is 7.08. The van der Waals surface area contributed by atoms with Gasteiger partial charge in [-0.1, -0.05) is 0 Å². The molecular weight excluding hydrogens is 296 g/mol. The number of fused-ring (bicyclic) bond motifs is 1. The molecule has 3 heterocycles. The Hall–Kier alpha value is -1.93. The van der Waals surface area contributed by atoms with Crippen LogP contribution in [0.4, 0.5) is 0 Å². The molecular formula is C13H14N2O5S. The van der Waals surface area contributed by atoms with Gasteiger partial charge >= 0.3 is 5.97 Å². The minimum atomic E-state index is -0.613. The lowest BCUT2D eigenvalue weighted by Crippen LogP contribution is -2.55. The maximum atomic E-state index is 12.4. The van der Waals surface area contributed by atoms with E-state index in [0.29, 0.717) is 13.0 Å². The molecule has 2 aliphatic heterocycles. The van der Waals surface area contributed by atoms with Gasteiger partial charge in [0.25, 0.3) is 5.91 Å². The van der Waals surface area contributed by atoms with E-state index >= 15 is 0 Å². The summed E-state index contributed by atoms with van der Waals surface area (Å²) in [6.07, 6.45) is 0.600. The number of carbonyl (C=O) groups excluding carboxylic acids is 3. The number of hydroxylamine groups is 2. The Balaban J connectivity index is 1.72. The van der Waals surface area contributed by atoms with Crippen LogP contribution in [-0.4, -0.2) is 47.4 Å². The van der Waals surface area contributed by atoms with Gasteiger partial charge < -0.3 is 9.57 Å². The smallest absolute Gasteiger partial charge is 0.325 e. The zero-order valence-corrected chi connectivity index (χ0v) is 12.2. The summed E-state index contributed by atoms with van der Waals surface area (Å²) < 4.78 is 4.52. The van der Waals surface area contributed by atoms with Crippen LogP contribution >= 0.6 is 11.3 Å². The maximum Gasteiger partial charge on any atom is 0.325 e. The molecule has 0 spiro atoms. The van der Waals surface area contributed by atoms with Crippen LogP contribution in [0.5, 0.6) is 5.75 Å². The molecule has 112 valence electrons. The normalized spacial score (nSPS) is 22.1. The maximum absolute atomic E-state index is 12.4. The molecule has 0 radical (unpaired) electrons. The lowest BCUT2D eigenvalue weighted by molar-refractivity contribution is -0.169. The van der Waals surface area contributed by atoms with Gasteiger partial charge in [0, 0.05) is 17.4 Å². The van der Waals surface area contributed by atoms with Crippen LogP contribution in [-0.2, 0) is 25.7 Å². The number of methoxy groups -OCH3 is 1. The molecule has 0 aliphatic carbocycles. The van der Waals surface area contributed by atoms with Crippen molar-refractivity contribution in [1.82, 2.24) is 9.96 Å². The molecule has 2 aliphatic rings. The average Bonchev–Trinajstić information content (AvgIpc) is 3.04. The number of rotatable bonds is 3. The SMILES string of the molecule is COC(=O)CN1C(=O)CCC(N2Cc3cscc3O2)C1=O. The molecule has 0 N–H and O–H groups in total. The topological polar surface area (TPSA) is 76.2 Å². The molecule has 1 aromatic rings. The number of esters is 1. The third-order valence-corrected chi connectivity index (χ3v) is 4.36. The number of ether oxygens (including phenoxy) is 1. The van der Waals surface area contributed by atoms with Crippen molar-refractivity contribution in [2.45, 2.75) is 25.4 Å². The molecule has 8 heteroatoms. The van der Waals surface area contributed by atoms with Crippen LogP contribution < -0.4 is 4.84 Å². The molecule has 21 heavy (non-hydrogen) atoms. The third kappa shape index (κ3) is 2.52. The van der Waals surface area contributed by atoms with Crippen LogP contribution in [0.2, 0.25) is 0 Å². The first-order valence-corrected chi connectivity index (χ1v) is 7.45. The fourth-order valence-corrected chi connectivity index (χ4v) is 3.20. The molecule has 1 atom stereocenters. The first-order chi connectivity index (χ1) is 10.1. The van der Waals surface area contributed by atoms with Crippen LogP contribution in [0, 0.1) is 0 Å². The molecule has 7 nitrogen and oxygen atoms in total. The van der Waals surface area contributed by atoms with Gasteiger partial charge in [-0.25, -0.2) is 0 Å². The van der Waals surface area contributed by atoms with Gasteiger partial charge in [0.05, 0.1) is 13.7 Å². The largest absolute Gasteiger partial charge is 0.468 e. The lowest BCUT2D eigenvalue weighted by Gasteiger charge is -2.33. The van der Waals surface area contributed by atoms with Gasteiger partial charge in [-0.3, -0.25) is 19.3 Å². The first kappa shape index (κ1) is 14.0. The summed E-state index contributed by atoms with van der Waals surface area (Å²) in [7, 11) is 1.22. The molecule has 1 saturated heterocycles. The van der Waals surface area contributed by atoms with Crippen molar-refractivity contribution in [3.63, 3.8) is 0 Å². The summed E-state index contributed by atoms with van der Waals surface area (Å²) in [5.74, 6) is -0.622. The Labute approximate surface area is 125 Å². The fraction of sp³-hybridized carbons (Fsp3) is 0.462. The zero-order valence-electron chi connectivity index (χ0n) is 11.4. The monoisotopic (exact) mass is 310 g/mol. The number of amides is 2. The number of thiophene rings is 1. The molecule has 2 amide bonds. The highest BCUT2D eigenvalue weighted by atomic mass is 32.1. The Bertz CT molecular complexity index is 579. The van der Waals surface area contributed by atoms with E-state index in [2.05, 4.69) is 4.74 Å². The minimum Gasteiger partial charge on any atom is -0.468 e. The Morgan fingerprint density at radius 1 is 1.48 bits per heavy atom. The second kappa shape index (κ2) is 5.45. The van der Waals surface area contributed by atoms with Gasteiger partial charge in [-0.2, -0.15) is 0 Å². The predicted molar refractivity (Wildman–Crippen MR) is 72.2 cm³/mol. The van der Waals surface area contributed by atoms with E-state index in [-0.39, 0.29) is 18.9 Å². The summed E-state index contributed by atoms with van der Waals surface area (Å²) >= 11 is 1.54. The quantitative estimate of drug-likeness (QED) is 0.599. The summed E-state index contributed by atoms with van der Waals surface area (Å²) in [6, 6.07) is -0.551. The highest BCUT2D eigenvalue weighted by Gasteiger charge is 2.42. The zero-order chi connectivity index (χ0) is 15.0. The van der Waals surface area contributed by atoms with Gasteiger partial charge in [0.15, 0.2) is 5.75 Å². The molecule has 1 aromatic heterocycles. The van der Waals surface area contributed by atoms with Gasteiger partial charge in [0.2, 0.25) is 5.91 Å². The van der Waals surface area contributed by atoms with Crippen molar-refractivity contribution in [2.24, 2.45) is 0 Å². The molecule has 0 saturated carbocycles. The van der Waals surface area contributed by atoms with Crippen molar-refractivity contribution in [3.05, 3.63) is 16.3 Å². The average molecular weight is 310 g/mol. The van der Waals surface area contributed by atoms with E-state index in [0.717, 1.165) is 16.2 Å². The molecule has 3 rings (SSSR count). The van der Waals surface area contributed by atoms with Crippen molar-refractivity contribution < 1.29 is 24.0 Å². The van der Waals surface area contributed by atoms with E-state index in [1.165, 1.54) is 7.11 Å². The van der Waals surface area contributed by atoms with E-state index in [1.807, 2.05) is 10.8 Å². The number of nitrogens with zero attached hydrogens (tertiary/aromatic N) is 2. The minimum absolute atomic E-state index is 0.208. The molecule has 1 fully saturated rings. The lowest BCUT2D eigenvalue weighted by atomic mass is 10.0. The van der Waals surface area contributed by atoms with Crippen LogP contribution in [0.25, 0.3) is 0 Å². The van der Waals surface area contributed by atoms with Crippen molar-refractivity contribution in [1.29, 1.82) is 0 Å². The standard InChI is InChI=1S/C13H14N2O5S/c1-19-12(17)5-14-11(16)3-2-9(13(14)18)15-4-8-6-21-7-10(8)20-15/h6-7,9H,2-5H2,1H3. The summed E-state index contributed by atoms with van der Waals surface area (Å²) in [5.41, 5.74) is 1.03. The van der Waals surface area contributed by atoms with E-state index in [4.69, 9.17) is 4.84 Å². The van der Waals surface area contributed by atoms with Crippen LogP contribution in [0.3, 0.4) is 0 Å². The van der Waals surface area contributed by atoms with Crippen molar-refractivity contribution in [2.75, 3.05) is 13.7 Å². The summed E-state index contributed by atoms with van der Waals surface area (Å²) in [5, 5.41) is 5.43. The van der Waals surface area contributed by atoms with Crippen LogP contribution in [0.1, 0.15) is 18.4 Å². The number of hydrogen-bond acceptors (Lipinski definition) is 7. The Kier molecular flexibility index (Phi) is 3.64. The number of carbonyl (C=O) groups is 3. The van der Waals surface area contributed by atoms with Crippen LogP contribution in [0.15, 0.2) is 10.8 Å². The van der Waals surface area contributed by atoms with E-state index in [1.54, 1.807) is 16.4 Å². The first-order valence-electron chi connectivity index (χ1n) is 6.51. The summed E-state index contributed by atoms with van der Waals surface area (Å²) in [6.45, 7) is 0.162. The van der Waals surface area contributed by atoms with Crippen molar-refractivity contribution >= 4 is 29.1 Å². The fourth-order valence-electron chi connectivity index (χ4n) is 2.46. The second-order valence-corrected chi connectivity index (χ2v) is 5.62.